The van der Waals surface area contributed by atoms with Crippen LogP contribution >= 0.6 is 15.9 Å². The summed E-state index contributed by atoms with van der Waals surface area (Å²) in [5.74, 6) is 0.194. The minimum atomic E-state index is -0.209. The third-order valence-corrected chi connectivity index (χ3v) is 3.69. The van der Waals surface area contributed by atoms with E-state index in [0.29, 0.717) is 37.6 Å². The molecule has 1 aromatic rings. The second-order valence-corrected chi connectivity index (χ2v) is 5.95. The molecule has 0 heterocycles. The maximum absolute atomic E-state index is 13.7. The molecule has 1 rings (SSSR count). The number of aryl methyl sites for hydroxylation is 1. The van der Waals surface area contributed by atoms with E-state index in [4.69, 9.17) is 4.74 Å². The summed E-state index contributed by atoms with van der Waals surface area (Å²) in [7, 11) is 3.21. The maximum atomic E-state index is 13.7. The predicted molar refractivity (Wildman–Crippen MR) is 96.7 cm³/mol. The molecule has 0 aliphatic rings. The number of rotatable bonds is 9. The minimum Gasteiger partial charge on any atom is -0.383 e. The number of guanidine groups is 1. The smallest absolute Gasteiger partial charge is 0.239 e. The fourth-order valence-corrected chi connectivity index (χ4v) is 2.28. The molecule has 134 valence electrons. The second-order valence-electron chi connectivity index (χ2n) is 5.03. The zero-order valence-corrected chi connectivity index (χ0v) is 15.6. The van der Waals surface area contributed by atoms with E-state index >= 15 is 0 Å². The van der Waals surface area contributed by atoms with Crippen LogP contribution in [0.2, 0.25) is 0 Å². The Bertz CT molecular complexity index is 555. The molecule has 1 amide bonds. The van der Waals surface area contributed by atoms with Crippen molar-refractivity contribution < 1.29 is 13.9 Å². The van der Waals surface area contributed by atoms with Gasteiger partial charge in [-0.15, -0.1) is 0 Å². The highest BCUT2D eigenvalue weighted by atomic mass is 79.9. The van der Waals surface area contributed by atoms with Gasteiger partial charge in [-0.1, -0.05) is 22.0 Å². The largest absolute Gasteiger partial charge is 0.383 e. The Hall–Kier alpha value is -1.67. The summed E-state index contributed by atoms with van der Waals surface area (Å²) in [6, 6.07) is 5.07. The lowest BCUT2D eigenvalue weighted by atomic mass is 10.1. The van der Waals surface area contributed by atoms with Crippen LogP contribution < -0.4 is 16.0 Å². The lowest BCUT2D eigenvalue weighted by Gasteiger charge is -2.12. The highest BCUT2D eigenvalue weighted by Crippen LogP contribution is 2.16. The molecule has 0 aliphatic carbocycles. The van der Waals surface area contributed by atoms with E-state index in [2.05, 4.69) is 36.9 Å². The molecule has 3 N–H and O–H groups in total. The van der Waals surface area contributed by atoms with Crippen molar-refractivity contribution in [3.8, 4) is 0 Å². The van der Waals surface area contributed by atoms with Crippen LogP contribution in [-0.4, -0.2) is 52.3 Å². The van der Waals surface area contributed by atoms with Crippen LogP contribution in [0.1, 0.15) is 12.0 Å². The van der Waals surface area contributed by atoms with Gasteiger partial charge in [0.25, 0.3) is 0 Å². The lowest BCUT2D eigenvalue weighted by molar-refractivity contribution is -0.120. The van der Waals surface area contributed by atoms with Gasteiger partial charge in [-0.3, -0.25) is 9.79 Å². The van der Waals surface area contributed by atoms with Gasteiger partial charge < -0.3 is 20.7 Å². The van der Waals surface area contributed by atoms with Gasteiger partial charge in [0.2, 0.25) is 5.91 Å². The van der Waals surface area contributed by atoms with Gasteiger partial charge >= 0.3 is 0 Å². The second kappa shape index (κ2) is 11.8. The number of nitrogens with one attached hydrogen (secondary N) is 3. The zero-order valence-electron chi connectivity index (χ0n) is 14.0. The summed E-state index contributed by atoms with van der Waals surface area (Å²) in [5, 5.41) is 8.72. The Morgan fingerprint density at radius 1 is 1.29 bits per heavy atom. The van der Waals surface area contributed by atoms with Crippen molar-refractivity contribution in [2.24, 2.45) is 4.99 Å². The van der Waals surface area contributed by atoms with Gasteiger partial charge in [0, 0.05) is 31.7 Å². The number of halogens is 2. The average Bonchev–Trinajstić information content (AvgIpc) is 2.56. The number of benzene rings is 1. The van der Waals surface area contributed by atoms with E-state index in [-0.39, 0.29) is 18.3 Å². The molecule has 0 saturated heterocycles. The number of amides is 1. The minimum absolute atomic E-state index is 0.130. The van der Waals surface area contributed by atoms with Crippen LogP contribution in [-0.2, 0) is 16.0 Å². The van der Waals surface area contributed by atoms with Crippen molar-refractivity contribution in [1.82, 2.24) is 16.0 Å². The summed E-state index contributed by atoms with van der Waals surface area (Å²) in [4.78, 5) is 15.6. The summed E-state index contributed by atoms with van der Waals surface area (Å²) >= 11 is 3.24. The van der Waals surface area contributed by atoms with Crippen LogP contribution in [0.25, 0.3) is 0 Å². The molecule has 1 aromatic carbocycles. The monoisotopic (exact) mass is 402 g/mol. The molecule has 0 aromatic heterocycles. The number of nitrogens with zero attached hydrogens (tertiary/aromatic N) is 1. The van der Waals surface area contributed by atoms with E-state index < -0.39 is 0 Å². The topological polar surface area (TPSA) is 74.8 Å². The molecule has 24 heavy (non-hydrogen) atoms. The maximum Gasteiger partial charge on any atom is 0.239 e. The van der Waals surface area contributed by atoms with Crippen molar-refractivity contribution in [3.05, 3.63) is 34.1 Å². The number of aliphatic imine (C=N–C) groups is 1. The summed E-state index contributed by atoms with van der Waals surface area (Å²) in [5.41, 5.74) is 0.681. The SMILES string of the molecule is CN=C(NCCCc1ccc(Br)cc1F)NCC(=O)NCCOC. The van der Waals surface area contributed by atoms with Crippen molar-refractivity contribution in [1.29, 1.82) is 0 Å². The molecule has 0 atom stereocenters. The third kappa shape index (κ3) is 8.26. The number of carbonyl (C=O) groups is 1. The van der Waals surface area contributed by atoms with Crippen molar-refractivity contribution in [2.75, 3.05) is 40.4 Å². The predicted octanol–water partition coefficient (Wildman–Crippen LogP) is 1.45. The Morgan fingerprint density at radius 2 is 2.08 bits per heavy atom. The third-order valence-electron chi connectivity index (χ3n) is 3.20. The van der Waals surface area contributed by atoms with Crippen LogP contribution in [0.5, 0.6) is 0 Å². The molecule has 0 aliphatic heterocycles. The van der Waals surface area contributed by atoms with E-state index in [1.807, 2.05) is 6.07 Å². The van der Waals surface area contributed by atoms with Crippen LogP contribution in [0.4, 0.5) is 4.39 Å². The summed E-state index contributed by atoms with van der Waals surface area (Å²) in [6.45, 7) is 1.71. The normalized spacial score (nSPS) is 11.2. The Balaban J connectivity index is 2.23. The van der Waals surface area contributed by atoms with E-state index in [1.54, 1.807) is 20.2 Å². The van der Waals surface area contributed by atoms with Gasteiger partial charge in [-0.25, -0.2) is 4.39 Å². The average molecular weight is 403 g/mol. The first-order valence-corrected chi connectivity index (χ1v) is 8.50. The number of methoxy groups -OCH3 is 1. The Labute approximate surface area is 150 Å². The van der Waals surface area contributed by atoms with Crippen LogP contribution in [0.15, 0.2) is 27.7 Å². The molecular weight excluding hydrogens is 379 g/mol. The zero-order chi connectivity index (χ0) is 17.8. The number of carbonyl (C=O) groups excluding carboxylic acids is 1. The van der Waals surface area contributed by atoms with Gasteiger partial charge in [0.1, 0.15) is 5.82 Å². The van der Waals surface area contributed by atoms with Gasteiger partial charge in [-0.2, -0.15) is 0 Å². The van der Waals surface area contributed by atoms with Crippen molar-refractivity contribution in [3.63, 3.8) is 0 Å². The van der Waals surface area contributed by atoms with Crippen molar-refractivity contribution >= 4 is 27.8 Å². The van der Waals surface area contributed by atoms with Gasteiger partial charge in [-0.05, 0) is 30.5 Å². The number of ether oxygens (including phenoxy) is 1. The van der Waals surface area contributed by atoms with E-state index in [9.17, 15) is 9.18 Å². The fraction of sp³-hybridized carbons (Fsp3) is 0.500. The van der Waals surface area contributed by atoms with E-state index in [1.165, 1.54) is 6.07 Å². The molecule has 0 fully saturated rings. The Kier molecular flexibility index (Phi) is 10.0. The highest BCUT2D eigenvalue weighted by Gasteiger charge is 2.04. The summed E-state index contributed by atoms with van der Waals surface area (Å²) in [6.07, 6.45) is 1.37. The molecule has 8 heteroatoms. The first kappa shape index (κ1) is 20.4. The quantitative estimate of drug-likeness (QED) is 0.332. The van der Waals surface area contributed by atoms with Crippen LogP contribution in [0.3, 0.4) is 0 Å². The molecule has 6 nitrogen and oxygen atoms in total. The highest BCUT2D eigenvalue weighted by molar-refractivity contribution is 9.10. The molecule has 0 radical (unpaired) electrons. The number of hydrogen-bond donors (Lipinski definition) is 3. The van der Waals surface area contributed by atoms with E-state index in [0.717, 1.165) is 10.9 Å². The first-order chi connectivity index (χ1) is 11.6. The molecule has 0 spiro atoms. The molecular formula is C16H24BrFN4O2. The summed E-state index contributed by atoms with van der Waals surface area (Å²) < 4.78 is 19.3. The molecule has 0 unspecified atom stereocenters. The van der Waals surface area contributed by atoms with Gasteiger partial charge in [0.15, 0.2) is 5.96 Å². The standard InChI is InChI=1S/C16H24BrFN4O2/c1-19-16(22-11-15(23)20-8-9-24-2)21-7-3-4-12-5-6-13(17)10-14(12)18/h5-6,10H,3-4,7-9,11H2,1-2H3,(H,20,23)(H2,19,21,22). The van der Waals surface area contributed by atoms with Crippen LogP contribution in [0, 0.1) is 5.82 Å². The Morgan fingerprint density at radius 3 is 2.75 bits per heavy atom. The van der Waals surface area contributed by atoms with Crippen molar-refractivity contribution in [2.45, 2.75) is 12.8 Å². The fourth-order valence-electron chi connectivity index (χ4n) is 1.95. The molecule has 0 bridgehead atoms. The van der Waals surface area contributed by atoms with Gasteiger partial charge in [0.05, 0.1) is 13.2 Å². The molecule has 0 saturated carbocycles. The lowest BCUT2D eigenvalue weighted by Crippen LogP contribution is -2.44. The number of hydrogen-bond acceptors (Lipinski definition) is 3. The first-order valence-electron chi connectivity index (χ1n) is 7.71.